The third kappa shape index (κ3) is 3.60. The standard InChI is InChI=1S/C18H19N5O/c1-12(17-13(2)20-11-21-17)14-6-8-15(9-7-14)22-18(24)23-16-5-3-4-10-19-16/h3-12H,1-2H3,(H,20,21)(H2,19,22,23,24)/t12-/m0/s1. The zero-order valence-electron chi connectivity index (χ0n) is 13.6. The molecule has 122 valence electrons. The summed E-state index contributed by atoms with van der Waals surface area (Å²) in [7, 11) is 0. The number of pyridine rings is 1. The van der Waals surface area contributed by atoms with E-state index < -0.39 is 0 Å². The van der Waals surface area contributed by atoms with Gasteiger partial charge >= 0.3 is 6.03 Å². The van der Waals surface area contributed by atoms with Gasteiger partial charge in [-0.15, -0.1) is 0 Å². The molecule has 1 atom stereocenters. The number of hydrogen-bond acceptors (Lipinski definition) is 3. The third-order valence-electron chi connectivity index (χ3n) is 3.88. The number of aryl methyl sites for hydroxylation is 1. The van der Waals surface area contributed by atoms with E-state index in [0.717, 1.165) is 22.6 Å². The topological polar surface area (TPSA) is 82.7 Å². The number of nitrogens with one attached hydrogen (secondary N) is 3. The van der Waals surface area contributed by atoms with Gasteiger partial charge in [-0.2, -0.15) is 0 Å². The van der Waals surface area contributed by atoms with E-state index in [4.69, 9.17) is 0 Å². The summed E-state index contributed by atoms with van der Waals surface area (Å²) in [5, 5.41) is 5.48. The highest BCUT2D eigenvalue weighted by Crippen LogP contribution is 2.25. The van der Waals surface area contributed by atoms with Crippen molar-refractivity contribution in [3.63, 3.8) is 0 Å². The molecule has 3 aromatic rings. The van der Waals surface area contributed by atoms with Crippen LogP contribution in [0, 0.1) is 6.92 Å². The SMILES string of the molecule is Cc1nc[nH]c1[C@@H](C)c1ccc(NC(=O)Nc2ccccn2)cc1. The molecular formula is C18H19N5O. The van der Waals surface area contributed by atoms with Gasteiger partial charge in [-0.05, 0) is 36.8 Å². The van der Waals surface area contributed by atoms with Crippen LogP contribution in [-0.4, -0.2) is 21.0 Å². The Balaban J connectivity index is 1.64. The summed E-state index contributed by atoms with van der Waals surface area (Å²) < 4.78 is 0. The number of rotatable bonds is 4. The van der Waals surface area contributed by atoms with Crippen molar-refractivity contribution in [1.29, 1.82) is 0 Å². The Morgan fingerprint density at radius 2 is 1.88 bits per heavy atom. The molecule has 0 fully saturated rings. The number of H-pyrrole nitrogens is 1. The number of carbonyl (C=O) groups excluding carboxylic acids is 1. The average molecular weight is 321 g/mol. The molecule has 0 aliphatic heterocycles. The molecule has 0 aliphatic rings. The molecule has 0 saturated carbocycles. The number of benzene rings is 1. The van der Waals surface area contributed by atoms with E-state index in [1.54, 1.807) is 24.7 Å². The van der Waals surface area contributed by atoms with Crippen molar-refractivity contribution in [2.24, 2.45) is 0 Å². The summed E-state index contributed by atoms with van der Waals surface area (Å²) in [6, 6.07) is 12.8. The summed E-state index contributed by atoms with van der Waals surface area (Å²) in [5.74, 6) is 0.721. The Morgan fingerprint density at radius 1 is 1.08 bits per heavy atom. The van der Waals surface area contributed by atoms with Gasteiger partial charge in [0.15, 0.2) is 0 Å². The van der Waals surface area contributed by atoms with Gasteiger partial charge in [-0.3, -0.25) is 5.32 Å². The van der Waals surface area contributed by atoms with E-state index >= 15 is 0 Å². The lowest BCUT2D eigenvalue weighted by Gasteiger charge is -2.12. The van der Waals surface area contributed by atoms with Gasteiger partial charge in [0.2, 0.25) is 0 Å². The summed E-state index contributed by atoms with van der Waals surface area (Å²) >= 11 is 0. The highest BCUT2D eigenvalue weighted by molar-refractivity contribution is 5.99. The molecular weight excluding hydrogens is 302 g/mol. The maximum Gasteiger partial charge on any atom is 0.324 e. The fourth-order valence-electron chi connectivity index (χ4n) is 2.55. The summed E-state index contributed by atoms with van der Waals surface area (Å²) in [4.78, 5) is 23.4. The van der Waals surface area contributed by atoms with Gasteiger partial charge < -0.3 is 10.3 Å². The first kappa shape index (κ1) is 15.7. The van der Waals surface area contributed by atoms with Crippen LogP contribution in [0.25, 0.3) is 0 Å². The molecule has 6 nitrogen and oxygen atoms in total. The Morgan fingerprint density at radius 3 is 2.50 bits per heavy atom. The average Bonchev–Trinajstić information content (AvgIpc) is 3.02. The second kappa shape index (κ2) is 6.95. The molecule has 0 spiro atoms. The molecule has 6 heteroatoms. The van der Waals surface area contributed by atoms with Crippen molar-refractivity contribution >= 4 is 17.5 Å². The molecule has 3 rings (SSSR count). The molecule has 0 radical (unpaired) electrons. The highest BCUT2D eigenvalue weighted by atomic mass is 16.2. The Hall–Kier alpha value is -3.15. The number of hydrogen-bond donors (Lipinski definition) is 3. The molecule has 0 saturated heterocycles. The second-order valence-corrected chi connectivity index (χ2v) is 5.54. The van der Waals surface area contributed by atoms with Crippen molar-refractivity contribution < 1.29 is 4.79 Å². The van der Waals surface area contributed by atoms with Crippen LogP contribution in [0.2, 0.25) is 0 Å². The molecule has 0 unspecified atom stereocenters. The maximum atomic E-state index is 12.0. The van der Waals surface area contributed by atoms with Gasteiger partial charge in [0.25, 0.3) is 0 Å². The fourth-order valence-corrected chi connectivity index (χ4v) is 2.55. The highest BCUT2D eigenvalue weighted by Gasteiger charge is 2.13. The number of amides is 2. The van der Waals surface area contributed by atoms with E-state index in [9.17, 15) is 4.79 Å². The van der Waals surface area contributed by atoms with Crippen LogP contribution in [0.15, 0.2) is 55.0 Å². The van der Waals surface area contributed by atoms with Gasteiger partial charge in [0.1, 0.15) is 5.82 Å². The predicted molar refractivity (Wildman–Crippen MR) is 94.2 cm³/mol. The fraction of sp³-hybridized carbons (Fsp3) is 0.167. The number of anilines is 2. The monoisotopic (exact) mass is 321 g/mol. The minimum Gasteiger partial charge on any atom is -0.348 e. The van der Waals surface area contributed by atoms with Gasteiger partial charge in [0, 0.05) is 23.5 Å². The summed E-state index contributed by atoms with van der Waals surface area (Å²) in [5.41, 5.74) is 3.97. The van der Waals surface area contributed by atoms with Crippen molar-refractivity contribution in [3.8, 4) is 0 Å². The molecule has 0 bridgehead atoms. The lowest BCUT2D eigenvalue weighted by Crippen LogP contribution is -2.19. The number of imidazole rings is 1. The summed E-state index contributed by atoms with van der Waals surface area (Å²) in [6.07, 6.45) is 3.34. The van der Waals surface area contributed by atoms with Crippen molar-refractivity contribution in [2.75, 3.05) is 10.6 Å². The number of aromatic amines is 1. The Kier molecular flexibility index (Phi) is 4.56. The summed E-state index contributed by atoms with van der Waals surface area (Å²) in [6.45, 7) is 4.11. The quantitative estimate of drug-likeness (QED) is 0.681. The smallest absolute Gasteiger partial charge is 0.324 e. The first-order chi connectivity index (χ1) is 11.6. The van der Waals surface area contributed by atoms with Gasteiger partial charge in [-0.1, -0.05) is 25.1 Å². The van der Waals surface area contributed by atoms with Crippen LogP contribution in [0.5, 0.6) is 0 Å². The molecule has 3 N–H and O–H groups in total. The van der Waals surface area contributed by atoms with Crippen LogP contribution in [0.1, 0.15) is 29.8 Å². The molecule has 1 aromatic carbocycles. The first-order valence-corrected chi connectivity index (χ1v) is 7.72. The lowest BCUT2D eigenvalue weighted by molar-refractivity contribution is 0.262. The second-order valence-electron chi connectivity index (χ2n) is 5.54. The van der Waals surface area contributed by atoms with E-state index in [2.05, 4.69) is 32.5 Å². The van der Waals surface area contributed by atoms with Gasteiger partial charge in [0.05, 0.1) is 12.0 Å². The van der Waals surface area contributed by atoms with Crippen LogP contribution < -0.4 is 10.6 Å². The Bertz CT molecular complexity index is 811. The van der Waals surface area contributed by atoms with Crippen molar-refractivity contribution in [1.82, 2.24) is 15.0 Å². The van der Waals surface area contributed by atoms with Crippen LogP contribution in [0.3, 0.4) is 0 Å². The third-order valence-corrected chi connectivity index (χ3v) is 3.88. The molecule has 2 aromatic heterocycles. The molecule has 24 heavy (non-hydrogen) atoms. The van der Waals surface area contributed by atoms with Crippen molar-refractivity contribution in [2.45, 2.75) is 19.8 Å². The minimum atomic E-state index is -0.320. The number of urea groups is 1. The number of aromatic nitrogens is 3. The number of nitrogens with zero attached hydrogens (tertiary/aromatic N) is 2. The van der Waals surface area contributed by atoms with E-state index in [1.165, 1.54) is 0 Å². The van der Waals surface area contributed by atoms with E-state index in [1.807, 2.05) is 37.3 Å². The normalized spacial score (nSPS) is 11.8. The van der Waals surface area contributed by atoms with Crippen LogP contribution in [0.4, 0.5) is 16.3 Å². The lowest BCUT2D eigenvalue weighted by atomic mass is 9.96. The van der Waals surface area contributed by atoms with Crippen LogP contribution >= 0.6 is 0 Å². The first-order valence-electron chi connectivity index (χ1n) is 7.72. The molecule has 2 heterocycles. The van der Waals surface area contributed by atoms with Gasteiger partial charge in [-0.25, -0.2) is 14.8 Å². The largest absolute Gasteiger partial charge is 0.348 e. The zero-order valence-corrected chi connectivity index (χ0v) is 13.6. The predicted octanol–water partition coefficient (Wildman–Crippen LogP) is 3.91. The van der Waals surface area contributed by atoms with Crippen LogP contribution in [-0.2, 0) is 0 Å². The van der Waals surface area contributed by atoms with E-state index in [0.29, 0.717) is 5.82 Å². The molecule has 0 aliphatic carbocycles. The molecule has 2 amide bonds. The maximum absolute atomic E-state index is 12.0. The number of carbonyl (C=O) groups is 1. The minimum absolute atomic E-state index is 0.212. The Labute approximate surface area is 140 Å². The van der Waals surface area contributed by atoms with Crippen molar-refractivity contribution in [3.05, 3.63) is 71.9 Å². The zero-order chi connectivity index (χ0) is 16.9. The van der Waals surface area contributed by atoms with E-state index in [-0.39, 0.29) is 11.9 Å².